The number of aromatic nitrogens is 1. The first kappa shape index (κ1) is 21.2. The molecule has 0 saturated heterocycles. The van der Waals surface area contributed by atoms with E-state index in [1.165, 1.54) is 4.90 Å². The third-order valence-electron chi connectivity index (χ3n) is 4.86. The van der Waals surface area contributed by atoms with Gasteiger partial charge in [0, 0.05) is 27.1 Å². The molecule has 0 radical (unpaired) electrons. The number of thioether (sulfide) groups is 1. The van der Waals surface area contributed by atoms with Crippen LogP contribution in [0.3, 0.4) is 0 Å². The number of aryl methyl sites for hydroxylation is 1. The normalized spacial score (nSPS) is 11.7. The van der Waals surface area contributed by atoms with Crippen LogP contribution in [0.15, 0.2) is 90.0 Å². The zero-order chi connectivity index (χ0) is 21.6. The summed E-state index contributed by atoms with van der Waals surface area (Å²) in [5.74, 6) is 0.670. The minimum absolute atomic E-state index is 0.113. The van der Waals surface area contributed by atoms with Crippen molar-refractivity contribution in [3.63, 3.8) is 0 Å². The lowest BCUT2D eigenvalue weighted by atomic mass is 10.00. The van der Waals surface area contributed by atoms with Gasteiger partial charge in [-0.2, -0.15) is 0 Å². The number of anilines is 2. The maximum Gasteiger partial charge on any atom is 0.256 e. The maximum atomic E-state index is 12.8. The van der Waals surface area contributed by atoms with Crippen molar-refractivity contribution in [2.24, 2.45) is 0 Å². The third-order valence-corrected chi connectivity index (χ3v) is 6.59. The zero-order valence-electron chi connectivity index (χ0n) is 17.3. The molecule has 0 aliphatic heterocycles. The first-order valence-electron chi connectivity index (χ1n) is 9.92. The molecule has 0 spiro atoms. The van der Waals surface area contributed by atoms with Gasteiger partial charge in [-0.25, -0.2) is 4.98 Å². The number of rotatable bonds is 7. The minimum atomic E-state index is -0.151. The average Bonchev–Trinajstić information content (AvgIpc) is 3.18. The van der Waals surface area contributed by atoms with E-state index in [2.05, 4.69) is 59.1 Å². The molecule has 2 heterocycles. The molecule has 31 heavy (non-hydrogen) atoms. The lowest BCUT2D eigenvalue weighted by Gasteiger charge is -2.21. The van der Waals surface area contributed by atoms with Gasteiger partial charge in [-0.1, -0.05) is 36.4 Å². The predicted octanol–water partition coefficient (Wildman–Crippen LogP) is 6.63. The van der Waals surface area contributed by atoms with Crippen molar-refractivity contribution in [1.82, 2.24) is 4.98 Å². The SMILES string of the molecule is CSc1ccc([C@@H](Nc2ccccn2)c2cc(C)sc2NC(=O)c2ccccc2)cc1. The van der Waals surface area contributed by atoms with Gasteiger partial charge in [0.25, 0.3) is 5.91 Å². The highest BCUT2D eigenvalue weighted by Gasteiger charge is 2.22. The van der Waals surface area contributed by atoms with Gasteiger partial charge < -0.3 is 10.6 Å². The number of nitrogens with zero attached hydrogens (tertiary/aromatic N) is 1. The van der Waals surface area contributed by atoms with Gasteiger partial charge in [-0.15, -0.1) is 23.1 Å². The summed E-state index contributed by atoms with van der Waals surface area (Å²) in [6.45, 7) is 2.06. The minimum Gasteiger partial charge on any atom is -0.359 e. The van der Waals surface area contributed by atoms with E-state index in [4.69, 9.17) is 0 Å². The van der Waals surface area contributed by atoms with Crippen molar-refractivity contribution in [2.75, 3.05) is 16.9 Å². The summed E-state index contributed by atoms with van der Waals surface area (Å²) in [6.07, 6.45) is 3.84. The maximum absolute atomic E-state index is 12.8. The first-order chi connectivity index (χ1) is 15.1. The van der Waals surface area contributed by atoms with E-state index in [-0.39, 0.29) is 11.9 Å². The van der Waals surface area contributed by atoms with E-state index in [0.29, 0.717) is 5.56 Å². The molecule has 4 aromatic rings. The van der Waals surface area contributed by atoms with Gasteiger partial charge in [0.05, 0.1) is 6.04 Å². The Labute approximate surface area is 190 Å². The highest BCUT2D eigenvalue weighted by molar-refractivity contribution is 7.98. The second-order valence-electron chi connectivity index (χ2n) is 7.03. The molecule has 1 atom stereocenters. The smallest absolute Gasteiger partial charge is 0.256 e. The summed E-state index contributed by atoms with van der Waals surface area (Å²) in [5.41, 5.74) is 2.77. The van der Waals surface area contributed by atoms with Gasteiger partial charge in [0.15, 0.2) is 0 Å². The first-order valence-corrected chi connectivity index (χ1v) is 12.0. The van der Waals surface area contributed by atoms with Crippen LogP contribution < -0.4 is 10.6 Å². The molecule has 0 fully saturated rings. The van der Waals surface area contributed by atoms with E-state index < -0.39 is 0 Å². The highest BCUT2D eigenvalue weighted by Crippen LogP contribution is 2.38. The lowest BCUT2D eigenvalue weighted by Crippen LogP contribution is -2.17. The number of nitrogens with one attached hydrogen (secondary N) is 2. The molecule has 2 aromatic heterocycles. The molecule has 4 nitrogen and oxygen atoms in total. The number of thiophene rings is 1. The van der Waals surface area contributed by atoms with Crippen molar-refractivity contribution >= 4 is 39.8 Å². The Balaban J connectivity index is 1.71. The number of hydrogen-bond donors (Lipinski definition) is 2. The number of hydrogen-bond acceptors (Lipinski definition) is 5. The van der Waals surface area contributed by atoms with E-state index in [1.807, 2.05) is 48.5 Å². The van der Waals surface area contributed by atoms with Crippen molar-refractivity contribution in [3.05, 3.63) is 107 Å². The summed E-state index contributed by atoms with van der Waals surface area (Å²) in [7, 11) is 0. The number of carbonyl (C=O) groups is 1. The quantitative estimate of drug-likeness (QED) is 0.314. The van der Waals surface area contributed by atoms with Gasteiger partial charge in [-0.3, -0.25) is 4.79 Å². The van der Waals surface area contributed by atoms with Crippen LogP contribution >= 0.6 is 23.1 Å². The summed E-state index contributed by atoms with van der Waals surface area (Å²) < 4.78 is 0. The largest absolute Gasteiger partial charge is 0.359 e. The molecule has 0 aliphatic carbocycles. The molecule has 2 N–H and O–H groups in total. The highest BCUT2D eigenvalue weighted by atomic mass is 32.2. The molecule has 0 bridgehead atoms. The molecule has 6 heteroatoms. The van der Waals surface area contributed by atoms with Crippen molar-refractivity contribution in [3.8, 4) is 0 Å². The van der Waals surface area contributed by atoms with E-state index >= 15 is 0 Å². The third kappa shape index (κ3) is 5.16. The zero-order valence-corrected chi connectivity index (χ0v) is 19.0. The fourth-order valence-electron chi connectivity index (χ4n) is 3.34. The molecule has 1 amide bonds. The average molecular weight is 446 g/mol. The van der Waals surface area contributed by atoms with Crippen LogP contribution in [0, 0.1) is 6.92 Å². The monoisotopic (exact) mass is 445 g/mol. The molecule has 0 unspecified atom stereocenters. The number of carbonyl (C=O) groups excluding carboxylic acids is 1. The van der Waals surface area contributed by atoms with E-state index in [9.17, 15) is 4.79 Å². The van der Waals surface area contributed by atoms with Crippen molar-refractivity contribution in [1.29, 1.82) is 0 Å². The van der Waals surface area contributed by atoms with Crippen molar-refractivity contribution in [2.45, 2.75) is 17.9 Å². The summed E-state index contributed by atoms with van der Waals surface area (Å²) in [6, 6.07) is 25.6. The second kappa shape index (κ2) is 9.81. The Bertz CT molecular complexity index is 1140. The van der Waals surface area contributed by atoms with Gasteiger partial charge in [0.1, 0.15) is 10.8 Å². The number of amides is 1. The van der Waals surface area contributed by atoms with Crippen LogP contribution in [0.4, 0.5) is 10.8 Å². The van der Waals surface area contributed by atoms with Crippen LogP contribution in [0.2, 0.25) is 0 Å². The Morgan fingerprint density at radius 1 is 1.00 bits per heavy atom. The van der Waals surface area contributed by atoms with Crippen molar-refractivity contribution < 1.29 is 4.79 Å². The summed E-state index contributed by atoms with van der Waals surface area (Å²) >= 11 is 3.30. The van der Waals surface area contributed by atoms with Crippen LogP contribution in [0.5, 0.6) is 0 Å². The standard InChI is InChI=1S/C25H23N3OS2/c1-17-16-21(25(31-17)28-24(29)19-8-4-3-5-9-19)23(27-22-10-6-7-15-26-22)18-11-13-20(30-2)14-12-18/h3-16,23H,1-2H3,(H,26,27)(H,28,29)/t23-/m1/s1. The Morgan fingerprint density at radius 2 is 1.74 bits per heavy atom. The van der Waals surface area contributed by atoms with E-state index in [1.54, 1.807) is 29.3 Å². The fourth-order valence-corrected chi connectivity index (χ4v) is 4.70. The van der Waals surface area contributed by atoms with Gasteiger partial charge in [-0.05, 0) is 61.2 Å². The lowest BCUT2D eigenvalue weighted by molar-refractivity contribution is 0.102. The topological polar surface area (TPSA) is 54.0 Å². The van der Waals surface area contributed by atoms with Crippen LogP contribution in [-0.4, -0.2) is 17.1 Å². The molecule has 0 saturated carbocycles. The molecular formula is C25H23N3OS2. The Morgan fingerprint density at radius 3 is 2.42 bits per heavy atom. The second-order valence-corrected chi connectivity index (χ2v) is 9.16. The predicted molar refractivity (Wildman–Crippen MR) is 131 cm³/mol. The Hall–Kier alpha value is -3.09. The van der Waals surface area contributed by atoms with Gasteiger partial charge in [0.2, 0.25) is 0 Å². The number of benzene rings is 2. The molecule has 0 aliphatic rings. The molecule has 2 aromatic carbocycles. The number of pyridine rings is 1. The van der Waals surface area contributed by atoms with E-state index in [0.717, 1.165) is 26.8 Å². The molecular weight excluding hydrogens is 422 g/mol. The van der Waals surface area contributed by atoms with Gasteiger partial charge >= 0.3 is 0 Å². The Kier molecular flexibility index (Phi) is 6.70. The summed E-state index contributed by atoms with van der Waals surface area (Å²) in [5, 5.41) is 7.52. The summed E-state index contributed by atoms with van der Waals surface area (Å²) in [4.78, 5) is 19.6. The molecule has 156 valence electrons. The van der Waals surface area contributed by atoms with Crippen LogP contribution in [0.25, 0.3) is 0 Å². The fraction of sp³-hybridized carbons (Fsp3) is 0.120. The van der Waals surface area contributed by atoms with Crippen LogP contribution in [0.1, 0.15) is 32.4 Å². The van der Waals surface area contributed by atoms with Crippen LogP contribution in [-0.2, 0) is 0 Å². The molecule has 4 rings (SSSR count).